The van der Waals surface area contributed by atoms with Crippen LogP contribution in [0.3, 0.4) is 0 Å². The van der Waals surface area contributed by atoms with Crippen LogP contribution in [0.25, 0.3) is 22.6 Å². The van der Waals surface area contributed by atoms with Gasteiger partial charge in [0.2, 0.25) is 0 Å². The van der Waals surface area contributed by atoms with Crippen molar-refractivity contribution in [3.63, 3.8) is 0 Å². The lowest BCUT2D eigenvalue weighted by atomic mass is 10.1. The van der Waals surface area contributed by atoms with Crippen LogP contribution in [-0.4, -0.2) is 32.5 Å². The standard InChI is InChI=1S/C19H22N4/c1-2-22-14-7-6-12-17(22)23-18(15-9-4-3-5-10-15)21-16-11-8-13-20-19(16)23/h3-5,8-11,13,17H,2,6-7,12,14H2,1H3. The first-order valence-electron chi connectivity index (χ1n) is 8.51. The molecular formula is C19H22N4. The van der Waals surface area contributed by atoms with Crippen molar-refractivity contribution in [3.8, 4) is 11.4 Å². The van der Waals surface area contributed by atoms with Crippen molar-refractivity contribution in [2.45, 2.75) is 32.4 Å². The van der Waals surface area contributed by atoms with E-state index in [1.807, 2.05) is 18.3 Å². The summed E-state index contributed by atoms with van der Waals surface area (Å²) in [6.45, 7) is 4.46. The minimum Gasteiger partial charge on any atom is -0.292 e. The fourth-order valence-corrected chi connectivity index (χ4v) is 3.64. The second kappa shape index (κ2) is 6.13. The zero-order chi connectivity index (χ0) is 15.6. The molecule has 4 heteroatoms. The fraction of sp³-hybridized carbons (Fsp3) is 0.368. The lowest BCUT2D eigenvalue weighted by Gasteiger charge is -2.36. The van der Waals surface area contributed by atoms with Crippen LogP contribution in [0.4, 0.5) is 0 Å². The molecule has 1 unspecified atom stereocenters. The van der Waals surface area contributed by atoms with Gasteiger partial charge in [-0.25, -0.2) is 9.97 Å². The first-order chi connectivity index (χ1) is 11.4. The van der Waals surface area contributed by atoms with Gasteiger partial charge >= 0.3 is 0 Å². The average Bonchev–Trinajstić information content (AvgIpc) is 3.02. The quantitative estimate of drug-likeness (QED) is 0.730. The van der Waals surface area contributed by atoms with Crippen LogP contribution in [0.2, 0.25) is 0 Å². The molecule has 3 heterocycles. The molecule has 1 aliphatic heterocycles. The van der Waals surface area contributed by atoms with Crippen molar-refractivity contribution < 1.29 is 0 Å². The third-order valence-corrected chi connectivity index (χ3v) is 4.76. The normalized spacial score (nSPS) is 19.3. The Balaban J connectivity index is 1.92. The largest absolute Gasteiger partial charge is 0.292 e. The van der Waals surface area contributed by atoms with Crippen molar-refractivity contribution in [1.82, 2.24) is 19.4 Å². The summed E-state index contributed by atoms with van der Waals surface area (Å²) < 4.78 is 2.35. The summed E-state index contributed by atoms with van der Waals surface area (Å²) in [5, 5.41) is 0. The van der Waals surface area contributed by atoms with Gasteiger partial charge in [-0.15, -0.1) is 0 Å². The molecule has 1 atom stereocenters. The van der Waals surface area contributed by atoms with E-state index in [0.717, 1.165) is 42.1 Å². The Kier molecular flexibility index (Phi) is 3.83. The summed E-state index contributed by atoms with van der Waals surface area (Å²) in [7, 11) is 0. The summed E-state index contributed by atoms with van der Waals surface area (Å²) in [6.07, 6.45) is 5.93. The SMILES string of the molecule is CCN1CCCCC1n1c(-c2ccccc2)nc2cccnc21. The van der Waals surface area contributed by atoms with Gasteiger partial charge in [-0.1, -0.05) is 37.3 Å². The van der Waals surface area contributed by atoms with E-state index in [9.17, 15) is 0 Å². The summed E-state index contributed by atoms with van der Waals surface area (Å²) in [5.74, 6) is 1.03. The molecule has 23 heavy (non-hydrogen) atoms. The van der Waals surface area contributed by atoms with Crippen LogP contribution in [-0.2, 0) is 0 Å². The topological polar surface area (TPSA) is 34.0 Å². The lowest BCUT2D eigenvalue weighted by molar-refractivity contribution is 0.106. The third-order valence-electron chi connectivity index (χ3n) is 4.76. The Hall–Kier alpha value is -2.20. The van der Waals surface area contributed by atoms with Gasteiger partial charge in [0.05, 0.1) is 6.17 Å². The first kappa shape index (κ1) is 14.4. The van der Waals surface area contributed by atoms with Crippen LogP contribution in [0.5, 0.6) is 0 Å². The highest BCUT2D eigenvalue weighted by Crippen LogP contribution is 2.33. The zero-order valence-corrected chi connectivity index (χ0v) is 13.5. The van der Waals surface area contributed by atoms with E-state index in [0.29, 0.717) is 6.17 Å². The maximum absolute atomic E-state index is 4.90. The molecule has 4 nitrogen and oxygen atoms in total. The number of imidazole rings is 1. The highest BCUT2D eigenvalue weighted by molar-refractivity contribution is 5.77. The molecule has 0 bridgehead atoms. The van der Waals surface area contributed by atoms with Gasteiger partial charge in [0.1, 0.15) is 11.3 Å². The molecule has 118 valence electrons. The van der Waals surface area contributed by atoms with Crippen molar-refractivity contribution in [3.05, 3.63) is 48.7 Å². The Morgan fingerprint density at radius 2 is 1.96 bits per heavy atom. The highest BCUT2D eigenvalue weighted by atomic mass is 15.3. The predicted molar refractivity (Wildman–Crippen MR) is 93.1 cm³/mol. The molecular weight excluding hydrogens is 284 g/mol. The average molecular weight is 306 g/mol. The minimum absolute atomic E-state index is 0.351. The highest BCUT2D eigenvalue weighted by Gasteiger charge is 2.27. The van der Waals surface area contributed by atoms with Gasteiger partial charge < -0.3 is 0 Å². The first-order valence-corrected chi connectivity index (χ1v) is 8.51. The summed E-state index contributed by atoms with van der Waals surface area (Å²) in [6, 6.07) is 14.5. The maximum Gasteiger partial charge on any atom is 0.161 e. The Morgan fingerprint density at radius 1 is 1.09 bits per heavy atom. The van der Waals surface area contributed by atoms with E-state index in [2.05, 4.69) is 51.7 Å². The molecule has 3 aromatic rings. The van der Waals surface area contributed by atoms with E-state index in [1.165, 1.54) is 12.8 Å². The number of piperidine rings is 1. The Bertz CT molecular complexity index is 793. The van der Waals surface area contributed by atoms with Gasteiger partial charge in [0.25, 0.3) is 0 Å². The van der Waals surface area contributed by atoms with Crippen LogP contribution >= 0.6 is 0 Å². The van der Waals surface area contributed by atoms with Gasteiger partial charge in [-0.3, -0.25) is 9.47 Å². The lowest BCUT2D eigenvalue weighted by Crippen LogP contribution is -2.37. The second-order valence-corrected chi connectivity index (χ2v) is 6.12. The van der Waals surface area contributed by atoms with E-state index in [4.69, 9.17) is 4.98 Å². The van der Waals surface area contributed by atoms with Gasteiger partial charge in [0.15, 0.2) is 5.65 Å². The van der Waals surface area contributed by atoms with Crippen LogP contribution in [0.15, 0.2) is 48.7 Å². The Labute approximate surface area is 136 Å². The molecule has 0 amide bonds. The second-order valence-electron chi connectivity index (χ2n) is 6.12. The summed E-state index contributed by atoms with van der Waals surface area (Å²) in [5.41, 5.74) is 3.14. The van der Waals surface area contributed by atoms with Crippen molar-refractivity contribution >= 4 is 11.2 Å². The predicted octanol–water partition coefficient (Wildman–Crippen LogP) is 4.10. The number of hydrogen-bond acceptors (Lipinski definition) is 3. The number of aromatic nitrogens is 3. The van der Waals surface area contributed by atoms with Crippen LogP contribution < -0.4 is 0 Å². The number of fused-ring (bicyclic) bond motifs is 1. The molecule has 0 N–H and O–H groups in total. The van der Waals surface area contributed by atoms with Crippen molar-refractivity contribution in [2.24, 2.45) is 0 Å². The van der Waals surface area contributed by atoms with E-state index in [-0.39, 0.29) is 0 Å². The number of nitrogens with zero attached hydrogens (tertiary/aromatic N) is 4. The maximum atomic E-state index is 4.90. The van der Waals surface area contributed by atoms with Crippen molar-refractivity contribution in [2.75, 3.05) is 13.1 Å². The van der Waals surface area contributed by atoms with Crippen LogP contribution in [0.1, 0.15) is 32.4 Å². The number of likely N-dealkylation sites (tertiary alicyclic amines) is 1. The van der Waals surface area contributed by atoms with E-state index < -0.39 is 0 Å². The number of rotatable bonds is 3. The van der Waals surface area contributed by atoms with Crippen LogP contribution in [0, 0.1) is 0 Å². The molecule has 2 aromatic heterocycles. The molecule has 0 aliphatic carbocycles. The number of pyridine rings is 1. The van der Waals surface area contributed by atoms with E-state index >= 15 is 0 Å². The monoisotopic (exact) mass is 306 g/mol. The molecule has 1 fully saturated rings. The molecule has 1 aliphatic rings. The third kappa shape index (κ3) is 2.53. The smallest absolute Gasteiger partial charge is 0.161 e. The summed E-state index contributed by atoms with van der Waals surface area (Å²) in [4.78, 5) is 12.1. The molecule has 0 radical (unpaired) electrons. The minimum atomic E-state index is 0.351. The van der Waals surface area contributed by atoms with Gasteiger partial charge in [-0.05, 0) is 37.9 Å². The van der Waals surface area contributed by atoms with Gasteiger partial charge in [0, 0.05) is 18.3 Å². The summed E-state index contributed by atoms with van der Waals surface area (Å²) >= 11 is 0. The molecule has 1 aromatic carbocycles. The van der Waals surface area contributed by atoms with E-state index in [1.54, 1.807) is 0 Å². The zero-order valence-electron chi connectivity index (χ0n) is 13.5. The number of hydrogen-bond donors (Lipinski definition) is 0. The number of benzene rings is 1. The molecule has 0 spiro atoms. The fourth-order valence-electron chi connectivity index (χ4n) is 3.64. The van der Waals surface area contributed by atoms with Gasteiger partial charge in [-0.2, -0.15) is 0 Å². The molecule has 0 saturated carbocycles. The molecule has 4 rings (SSSR count). The molecule has 1 saturated heterocycles. The van der Waals surface area contributed by atoms with Crippen molar-refractivity contribution in [1.29, 1.82) is 0 Å². The Morgan fingerprint density at radius 3 is 2.78 bits per heavy atom.